The largest absolute Gasteiger partial charge is 0.0651 e. The molecule has 0 bridgehead atoms. The SMILES string of the molecule is CC(C)(C)C.Cc1ccc(C)cc1.Cc1ccccc1.[2H]C(C)(C)C.[2H]C([2H])(C)C(C)(C)C.[2H]C([2H])(C)C(C)C.[2H]C([2H])(C)C1CCCC1.[2H]C([2H])(C)C1CCCCC1.[2H]C1(C)CCCC1.[2H]C1(C)CCCCC1. The van der Waals surface area contributed by atoms with Crippen molar-refractivity contribution in [2.45, 2.75) is 286 Å². The molecule has 4 aliphatic rings. The summed E-state index contributed by atoms with van der Waals surface area (Å²) in [6.07, 6.45) is 17.7. The molecule has 0 unspecified atom stereocenters. The molecule has 0 aliphatic heterocycles. The summed E-state index contributed by atoms with van der Waals surface area (Å²) >= 11 is 0. The molecule has 0 spiro atoms. The maximum atomic E-state index is 7.63. The van der Waals surface area contributed by atoms with Crippen LogP contribution in [0.15, 0.2) is 54.6 Å². The van der Waals surface area contributed by atoms with Crippen LogP contribution in [-0.4, -0.2) is 0 Å². The molecule has 0 aromatic heterocycles. The Labute approximate surface area is 418 Å². The maximum absolute atomic E-state index is 7.63. The topological polar surface area (TPSA) is 0 Å². The van der Waals surface area contributed by atoms with Crippen molar-refractivity contribution in [2.24, 2.45) is 46.3 Å². The van der Waals surface area contributed by atoms with Crippen molar-refractivity contribution < 1.29 is 15.1 Å². The molecular weight excluding hydrogens is 757 g/mol. The predicted molar refractivity (Wildman–Crippen MR) is 297 cm³/mol. The molecule has 0 heteroatoms. The van der Waals surface area contributed by atoms with E-state index in [2.05, 4.69) is 84.9 Å². The minimum Gasteiger partial charge on any atom is -0.0651 e. The fourth-order valence-electron chi connectivity index (χ4n) is 5.91. The van der Waals surface area contributed by atoms with Crippen LogP contribution in [0.2, 0.25) is 0 Å². The Hall–Kier alpha value is -1.56. The summed E-state index contributed by atoms with van der Waals surface area (Å²) in [4.78, 5) is 0. The second-order valence-electron chi connectivity index (χ2n) is 21.8. The summed E-state index contributed by atoms with van der Waals surface area (Å²) in [6.45, 7) is 40.7. The summed E-state index contributed by atoms with van der Waals surface area (Å²) in [7, 11) is 0. The molecule has 4 fully saturated rings. The van der Waals surface area contributed by atoms with Crippen LogP contribution in [0, 0.1) is 67.0 Å². The first-order chi connectivity index (χ1) is 33.0. The van der Waals surface area contributed by atoms with E-state index in [1.165, 1.54) is 80.9 Å². The van der Waals surface area contributed by atoms with Crippen LogP contribution in [0.5, 0.6) is 0 Å². The number of benzene rings is 2. The van der Waals surface area contributed by atoms with Crippen LogP contribution in [0.3, 0.4) is 0 Å². The monoisotopic (exact) mass is 890 g/mol. The molecule has 0 nitrogen and oxygen atoms in total. The van der Waals surface area contributed by atoms with Crippen molar-refractivity contribution in [1.29, 1.82) is 0 Å². The van der Waals surface area contributed by atoms with E-state index >= 15 is 0 Å². The van der Waals surface area contributed by atoms with Crippen molar-refractivity contribution in [3.05, 3.63) is 71.3 Å². The number of hydrogen-bond donors (Lipinski definition) is 0. The Kier molecular flexibility index (Phi) is 34.7. The second-order valence-corrected chi connectivity index (χ2v) is 21.8. The first-order valence-corrected chi connectivity index (χ1v) is 25.5. The summed E-state index contributed by atoms with van der Waals surface area (Å²) in [5.74, 6) is 0.435. The molecule has 374 valence electrons. The van der Waals surface area contributed by atoms with E-state index < -0.39 is 25.5 Å². The average molecular weight is 891 g/mol. The van der Waals surface area contributed by atoms with Gasteiger partial charge in [-0.25, -0.2) is 0 Å². The van der Waals surface area contributed by atoms with Gasteiger partial charge in [0, 0.05) is 15.1 Å². The highest BCUT2D eigenvalue weighted by Gasteiger charge is 2.11. The van der Waals surface area contributed by atoms with Crippen LogP contribution in [-0.2, 0) is 0 Å². The van der Waals surface area contributed by atoms with Gasteiger partial charge < -0.3 is 0 Å². The van der Waals surface area contributed by atoms with E-state index in [-0.39, 0.29) is 29.0 Å². The van der Waals surface area contributed by atoms with Gasteiger partial charge in [-0.2, -0.15) is 0 Å². The highest BCUT2D eigenvalue weighted by Crippen LogP contribution is 2.27. The molecule has 63 heavy (non-hydrogen) atoms. The van der Waals surface area contributed by atoms with Gasteiger partial charge in [-0.05, 0) is 67.0 Å². The summed E-state index contributed by atoms with van der Waals surface area (Å²) in [5, 5.41) is 0. The van der Waals surface area contributed by atoms with Crippen molar-refractivity contribution >= 4 is 0 Å². The summed E-state index contributed by atoms with van der Waals surface area (Å²) in [6, 6.07) is 18.7. The molecule has 2 aromatic rings. The minimum atomic E-state index is -1.06. The van der Waals surface area contributed by atoms with Gasteiger partial charge in [0.05, 0.1) is 0 Å². The first-order valence-electron chi connectivity index (χ1n) is 31.0. The number of aryl methyl sites for hydroxylation is 3. The second kappa shape index (κ2) is 45.6. The van der Waals surface area contributed by atoms with Gasteiger partial charge in [0.25, 0.3) is 0 Å². The fourth-order valence-corrected chi connectivity index (χ4v) is 5.91. The molecule has 4 aliphatic carbocycles. The van der Waals surface area contributed by atoms with Gasteiger partial charge in [0.15, 0.2) is 0 Å². The zero-order chi connectivity index (χ0) is 59.1. The van der Waals surface area contributed by atoms with E-state index in [1.807, 2.05) is 87.4 Å². The van der Waals surface area contributed by atoms with Gasteiger partial charge in [0.2, 0.25) is 0 Å². The molecule has 0 N–H and O–H groups in total. The third-order valence-electron chi connectivity index (χ3n) is 10.4. The van der Waals surface area contributed by atoms with E-state index in [0.29, 0.717) is 17.3 Å². The molecule has 6 rings (SSSR count). The third-order valence-corrected chi connectivity index (χ3v) is 10.4. The van der Waals surface area contributed by atoms with Crippen molar-refractivity contribution in [2.75, 3.05) is 0 Å². The van der Waals surface area contributed by atoms with Gasteiger partial charge in [-0.3, -0.25) is 0 Å². The standard InChI is InChI=1S/C8H10.C8H16.C7H14.C7H8.C7H14.C6H12.C6H14.2C5H12.C4H10/c1-7-3-5-8(2)6-4-7;1-2-8-6-4-3-5-7-8;2*1-7-5-3-2-4-6-7;1-2-7-5-3-4-6-7;1-6-4-2-3-5-6;1-5-6(2,3)4;1-5(2,3)4;1-4-5(2)3;1-4(2)3/h3-6H,1-2H3;8H,2-7H2,1H3;7H,2-6H2,1H3;2-6H,1H3;7H,2-6H2,1H3;6H,2-5H2,1H3;5H2,1-4H3;1-4H3;5H,4H2,1-3H3;4H,1-3H3/i;2D2;7D;;2D2;6D;5D2;;4D2;4D. The zero-order valence-electron chi connectivity index (χ0n) is 57.7. The Balaban J connectivity index is -0.000000370. The Morgan fingerprint density at radius 3 is 0.873 bits per heavy atom. The lowest BCUT2D eigenvalue weighted by Gasteiger charge is -2.18. The smallest absolute Gasteiger partial charge is 0.0300 e. The van der Waals surface area contributed by atoms with Crippen LogP contribution >= 0.6 is 0 Å². The molecule has 4 saturated carbocycles. The first kappa shape index (κ1) is 47.9. The summed E-state index contributed by atoms with van der Waals surface area (Å²) < 4.78 is 80.4. The Bertz CT molecular complexity index is 1500. The third kappa shape index (κ3) is 67.2. The van der Waals surface area contributed by atoms with Crippen LogP contribution in [0.25, 0.3) is 0 Å². The fraction of sp³-hybridized carbons (Fsp3) is 0.810. The Morgan fingerprint density at radius 1 is 0.492 bits per heavy atom. The lowest BCUT2D eigenvalue weighted by Crippen LogP contribution is -2.03. The van der Waals surface area contributed by atoms with Crippen molar-refractivity contribution in [3.8, 4) is 0 Å². The quantitative estimate of drug-likeness (QED) is 0.288. The highest BCUT2D eigenvalue weighted by molar-refractivity contribution is 5.19. The molecule has 0 radical (unpaired) electrons. The highest BCUT2D eigenvalue weighted by atomic mass is 14.2. The van der Waals surface area contributed by atoms with E-state index in [9.17, 15) is 0 Å². The van der Waals surface area contributed by atoms with Gasteiger partial charge in [-0.15, -0.1) is 0 Å². The predicted octanol–water partition coefficient (Wildman–Crippen LogP) is 22.9. The van der Waals surface area contributed by atoms with Crippen molar-refractivity contribution in [1.82, 2.24) is 0 Å². The lowest BCUT2D eigenvalue weighted by atomic mass is 9.88. The Morgan fingerprint density at radius 2 is 0.714 bits per heavy atom. The number of rotatable bonds is 3. The van der Waals surface area contributed by atoms with Gasteiger partial charge in [0.1, 0.15) is 0 Å². The maximum Gasteiger partial charge on any atom is 0.0300 e. The van der Waals surface area contributed by atoms with Crippen LogP contribution < -0.4 is 0 Å². The average Bonchev–Trinajstić information content (AvgIpc) is 3.91. The van der Waals surface area contributed by atoms with Gasteiger partial charge >= 0.3 is 0 Å². The summed E-state index contributed by atoms with van der Waals surface area (Å²) in [5.41, 5.74) is 4.25. The zero-order valence-corrected chi connectivity index (χ0v) is 46.7. The molecule has 2 aromatic carbocycles. The molecule has 0 amide bonds. The number of hydrogen-bond acceptors (Lipinski definition) is 0. The molecule has 0 atom stereocenters. The van der Waals surface area contributed by atoms with Crippen molar-refractivity contribution in [3.63, 3.8) is 0 Å². The van der Waals surface area contributed by atoms with Crippen LogP contribution in [0.1, 0.15) is 297 Å². The lowest BCUT2D eigenvalue weighted by molar-refractivity contribution is 0.349. The van der Waals surface area contributed by atoms with E-state index in [4.69, 9.17) is 15.1 Å². The molecule has 0 saturated heterocycles. The minimum absolute atomic E-state index is 0.0556. The van der Waals surface area contributed by atoms with Gasteiger partial charge in [-0.1, -0.05) is 337 Å². The van der Waals surface area contributed by atoms with E-state index in [1.54, 1.807) is 27.7 Å². The molecule has 0 heterocycles. The molecular formula is C63H122. The van der Waals surface area contributed by atoms with Crippen LogP contribution in [0.4, 0.5) is 0 Å². The van der Waals surface area contributed by atoms with E-state index in [0.717, 1.165) is 51.4 Å². The normalized spacial score (nSPS) is 21.1.